The van der Waals surface area contributed by atoms with Crippen molar-refractivity contribution >= 4 is 11.3 Å². The summed E-state index contributed by atoms with van der Waals surface area (Å²) < 4.78 is 7.98. The zero-order valence-corrected chi connectivity index (χ0v) is 13.8. The van der Waals surface area contributed by atoms with Crippen molar-refractivity contribution < 1.29 is 4.74 Å². The van der Waals surface area contributed by atoms with Gasteiger partial charge in [0.15, 0.2) is 0 Å². The molecule has 5 nitrogen and oxygen atoms in total. The van der Waals surface area contributed by atoms with Gasteiger partial charge in [-0.25, -0.2) is 4.98 Å². The van der Waals surface area contributed by atoms with E-state index < -0.39 is 0 Å². The van der Waals surface area contributed by atoms with Crippen molar-refractivity contribution in [1.82, 2.24) is 19.7 Å². The van der Waals surface area contributed by atoms with E-state index in [4.69, 9.17) is 4.74 Å². The number of thiazole rings is 1. The van der Waals surface area contributed by atoms with Crippen molar-refractivity contribution in [3.05, 3.63) is 34.0 Å². The molecule has 6 heteroatoms. The molecule has 0 radical (unpaired) electrons. The molecular weight excluding hydrogens is 296 g/mol. The van der Waals surface area contributed by atoms with Crippen LogP contribution >= 0.6 is 11.3 Å². The molecule has 0 bridgehead atoms. The number of hydrogen-bond donors (Lipinski definition) is 0. The van der Waals surface area contributed by atoms with E-state index in [0.717, 1.165) is 38.8 Å². The highest BCUT2D eigenvalue weighted by Crippen LogP contribution is 2.32. The lowest BCUT2D eigenvalue weighted by atomic mass is 9.95. The first-order chi connectivity index (χ1) is 10.8. The molecule has 118 valence electrons. The van der Waals surface area contributed by atoms with Crippen molar-refractivity contribution in [1.29, 1.82) is 0 Å². The number of ether oxygens (including phenoxy) is 1. The van der Waals surface area contributed by atoms with E-state index in [1.165, 1.54) is 29.1 Å². The van der Waals surface area contributed by atoms with Gasteiger partial charge in [0.1, 0.15) is 5.01 Å². The van der Waals surface area contributed by atoms with E-state index in [2.05, 4.69) is 15.0 Å². The van der Waals surface area contributed by atoms with Crippen LogP contribution in [0.5, 0.6) is 0 Å². The summed E-state index contributed by atoms with van der Waals surface area (Å²) in [4.78, 5) is 6.88. The van der Waals surface area contributed by atoms with Gasteiger partial charge in [0.2, 0.25) is 0 Å². The van der Waals surface area contributed by atoms with Crippen molar-refractivity contribution in [2.45, 2.75) is 31.8 Å². The van der Waals surface area contributed by atoms with Crippen LogP contribution < -0.4 is 0 Å². The Morgan fingerprint density at radius 2 is 2.27 bits per heavy atom. The summed E-state index contributed by atoms with van der Waals surface area (Å²) in [6, 6.07) is 0. The number of fused-ring (bicyclic) bond motifs is 1. The molecule has 0 saturated heterocycles. The normalized spacial score (nSPS) is 22.0. The molecule has 22 heavy (non-hydrogen) atoms. The second-order valence-electron chi connectivity index (χ2n) is 6.44. The number of nitrogens with zero attached hydrogens (tertiary/aromatic N) is 4. The highest BCUT2D eigenvalue weighted by molar-refractivity contribution is 7.09. The van der Waals surface area contributed by atoms with Gasteiger partial charge in [-0.15, -0.1) is 11.3 Å². The molecular formula is C16H22N4OS. The second-order valence-corrected chi connectivity index (χ2v) is 7.42. The Morgan fingerprint density at radius 1 is 1.36 bits per heavy atom. The van der Waals surface area contributed by atoms with Gasteiger partial charge < -0.3 is 4.74 Å². The third-order valence-corrected chi connectivity index (χ3v) is 5.36. The summed E-state index contributed by atoms with van der Waals surface area (Å²) in [5.41, 5.74) is 2.69. The molecule has 1 aliphatic carbocycles. The van der Waals surface area contributed by atoms with Crippen LogP contribution in [-0.4, -0.2) is 39.4 Å². The van der Waals surface area contributed by atoms with Gasteiger partial charge in [-0.3, -0.25) is 9.58 Å². The summed E-state index contributed by atoms with van der Waals surface area (Å²) >= 11 is 1.73. The molecule has 1 aliphatic heterocycles. The van der Waals surface area contributed by atoms with Crippen LogP contribution in [0.4, 0.5) is 0 Å². The maximum absolute atomic E-state index is 5.97. The average Bonchev–Trinajstić information content (AvgIpc) is 3.05. The van der Waals surface area contributed by atoms with Crippen LogP contribution in [0, 0.1) is 5.92 Å². The van der Waals surface area contributed by atoms with Gasteiger partial charge in [0.05, 0.1) is 25.0 Å². The van der Waals surface area contributed by atoms with Crippen LogP contribution in [0.1, 0.15) is 35.0 Å². The first kappa shape index (κ1) is 14.4. The summed E-state index contributed by atoms with van der Waals surface area (Å²) in [6.45, 7) is 4.64. The Balaban J connectivity index is 1.46. The summed E-state index contributed by atoms with van der Waals surface area (Å²) in [7, 11) is 2.04. The molecule has 3 heterocycles. The van der Waals surface area contributed by atoms with E-state index in [9.17, 15) is 0 Å². The molecule has 1 saturated carbocycles. The summed E-state index contributed by atoms with van der Waals surface area (Å²) in [5, 5.41) is 7.69. The van der Waals surface area contributed by atoms with Crippen LogP contribution in [0.3, 0.4) is 0 Å². The van der Waals surface area contributed by atoms with Gasteiger partial charge in [-0.1, -0.05) is 0 Å². The predicted molar refractivity (Wildman–Crippen MR) is 85.7 cm³/mol. The highest BCUT2D eigenvalue weighted by atomic mass is 32.1. The van der Waals surface area contributed by atoms with Gasteiger partial charge >= 0.3 is 0 Å². The molecule has 2 aliphatic rings. The smallest absolute Gasteiger partial charge is 0.107 e. The van der Waals surface area contributed by atoms with E-state index >= 15 is 0 Å². The summed E-state index contributed by atoms with van der Waals surface area (Å²) in [6.07, 6.45) is 6.61. The second kappa shape index (κ2) is 6.10. The minimum absolute atomic E-state index is 0.427. The minimum atomic E-state index is 0.427. The Hall–Kier alpha value is -1.24. The number of hydrogen-bond acceptors (Lipinski definition) is 5. The Bertz CT molecular complexity index is 620. The average molecular weight is 318 g/mol. The number of aryl methyl sites for hydroxylation is 1. The zero-order valence-electron chi connectivity index (χ0n) is 12.9. The monoisotopic (exact) mass is 318 g/mol. The first-order valence-electron chi connectivity index (χ1n) is 7.99. The van der Waals surface area contributed by atoms with E-state index in [1.807, 2.05) is 29.5 Å². The van der Waals surface area contributed by atoms with Crippen molar-refractivity contribution in [2.24, 2.45) is 13.0 Å². The first-order valence-corrected chi connectivity index (χ1v) is 8.87. The van der Waals surface area contributed by atoms with Crippen LogP contribution in [0.25, 0.3) is 0 Å². The molecule has 2 aromatic heterocycles. The van der Waals surface area contributed by atoms with Gasteiger partial charge in [0.25, 0.3) is 0 Å². The van der Waals surface area contributed by atoms with Crippen LogP contribution in [0.15, 0.2) is 17.8 Å². The fraction of sp³-hybridized carbons (Fsp3) is 0.625. The van der Waals surface area contributed by atoms with Crippen molar-refractivity contribution in [2.75, 3.05) is 19.8 Å². The molecule has 1 atom stereocenters. The number of rotatable bonds is 6. The third-order valence-electron chi connectivity index (χ3n) is 4.60. The molecule has 0 spiro atoms. The summed E-state index contributed by atoms with van der Waals surface area (Å²) in [5.74, 6) is 1.25. The van der Waals surface area contributed by atoms with Crippen LogP contribution in [-0.2, 0) is 24.9 Å². The quantitative estimate of drug-likeness (QED) is 0.820. The largest absolute Gasteiger partial charge is 0.380 e. The fourth-order valence-corrected chi connectivity index (χ4v) is 3.81. The van der Waals surface area contributed by atoms with Crippen molar-refractivity contribution in [3.8, 4) is 0 Å². The minimum Gasteiger partial charge on any atom is -0.380 e. The maximum atomic E-state index is 5.97. The highest BCUT2D eigenvalue weighted by Gasteiger charge is 2.29. The van der Waals surface area contributed by atoms with E-state index in [-0.39, 0.29) is 0 Å². The van der Waals surface area contributed by atoms with E-state index in [0.29, 0.717) is 5.92 Å². The molecule has 0 N–H and O–H groups in total. The molecule has 1 fully saturated rings. The Morgan fingerprint density at radius 3 is 3.05 bits per heavy atom. The zero-order chi connectivity index (χ0) is 14.9. The predicted octanol–water partition coefficient (Wildman–Crippen LogP) is 2.40. The molecule has 2 aromatic rings. The topological polar surface area (TPSA) is 43.2 Å². The molecule has 0 aromatic carbocycles. The van der Waals surface area contributed by atoms with E-state index in [1.54, 1.807) is 11.3 Å². The molecule has 1 unspecified atom stereocenters. The lowest BCUT2D eigenvalue weighted by molar-refractivity contribution is 0.0885. The standard InChI is InChI=1S/C16H22N4OS/c1-19-15-8-20(9-16-17-4-5-22-16)7-13(14(15)6-18-19)11-21-10-12-2-3-12/h4-6,12-13H,2-3,7-11H2,1H3. The SMILES string of the molecule is Cn1ncc2c1CN(Cc1nccs1)CC2COCC1CC1. The van der Waals surface area contributed by atoms with Gasteiger partial charge in [-0.05, 0) is 18.8 Å². The lowest BCUT2D eigenvalue weighted by Crippen LogP contribution is -2.35. The number of aromatic nitrogens is 3. The molecule has 0 amide bonds. The maximum Gasteiger partial charge on any atom is 0.107 e. The van der Waals surface area contributed by atoms with Gasteiger partial charge in [-0.2, -0.15) is 5.10 Å². The van der Waals surface area contributed by atoms with Crippen LogP contribution in [0.2, 0.25) is 0 Å². The Labute approximate surface area is 134 Å². The van der Waals surface area contributed by atoms with Crippen molar-refractivity contribution in [3.63, 3.8) is 0 Å². The third kappa shape index (κ3) is 3.09. The fourth-order valence-electron chi connectivity index (χ4n) is 3.15. The lowest BCUT2D eigenvalue weighted by Gasteiger charge is -2.32. The van der Waals surface area contributed by atoms with Gasteiger partial charge in [0, 0.05) is 49.8 Å². The Kier molecular flexibility index (Phi) is 3.98. The molecule has 4 rings (SSSR count).